The van der Waals surface area contributed by atoms with Crippen LogP contribution in [-0.2, 0) is 6.54 Å². The molecule has 19 heavy (non-hydrogen) atoms. The zero-order chi connectivity index (χ0) is 13.7. The molecule has 0 aliphatic heterocycles. The smallest absolute Gasteiger partial charge is 0.104 e. The van der Waals surface area contributed by atoms with Gasteiger partial charge in [0, 0.05) is 24.7 Å². The van der Waals surface area contributed by atoms with Crippen molar-refractivity contribution in [2.75, 3.05) is 13.2 Å². The van der Waals surface area contributed by atoms with E-state index in [9.17, 15) is 0 Å². The summed E-state index contributed by atoms with van der Waals surface area (Å²) in [6.45, 7) is 6.70. The SMILES string of the molecule is CC(C)CN(Cc1ccc(C#CCO)cc1)C1CC1. The molecule has 102 valence electrons. The average Bonchev–Trinajstić information content (AvgIpc) is 3.21. The summed E-state index contributed by atoms with van der Waals surface area (Å²) in [5, 5.41) is 8.67. The number of aliphatic hydroxyl groups excluding tert-OH is 1. The number of hydrogen-bond acceptors (Lipinski definition) is 2. The third kappa shape index (κ3) is 4.70. The summed E-state index contributed by atoms with van der Waals surface area (Å²) in [6, 6.07) is 9.18. The lowest BCUT2D eigenvalue weighted by Crippen LogP contribution is -2.29. The van der Waals surface area contributed by atoms with E-state index in [0.29, 0.717) is 0 Å². The molecule has 1 saturated carbocycles. The monoisotopic (exact) mass is 257 g/mol. The van der Waals surface area contributed by atoms with Crippen molar-refractivity contribution in [2.24, 2.45) is 5.92 Å². The van der Waals surface area contributed by atoms with Crippen LogP contribution in [0.2, 0.25) is 0 Å². The number of hydrogen-bond donors (Lipinski definition) is 1. The Morgan fingerprint density at radius 3 is 2.47 bits per heavy atom. The average molecular weight is 257 g/mol. The van der Waals surface area contributed by atoms with Gasteiger partial charge in [0.15, 0.2) is 0 Å². The molecule has 0 bridgehead atoms. The second-order valence-corrected chi connectivity index (χ2v) is 5.71. The van der Waals surface area contributed by atoms with E-state index in [1.807, 2.05) is 12.1 Å². The van der Waals surface area contributed by atoms with Gasteiger partial charge < -0.3 is 5.11 Å². The van der Waals surface area contributed by atoms with Crippen molar-refractivity contribution in [3.05, 3.63) is 35.4 Å². The molecule has 0 heterocycles. The van der Waals surface area contributed by atoms with E-state index < -0.39 is 0 Å². The number of aliphatic hydroxyl groups is 1. The minimum atomic E-state index is -0.0778. The van der Waals surface area contributed by atoms with Crippen LogP contribution in [0.5, 0.6) is 0 Å². The fourth-order valence-electron chi connectivity index (χ4n) is 2.32. The quantitative estimate of drug-likeness (QED) is 0.820. The first-order valence-corrected chi connectivity index (χ1v) is 7.11. The van der Waals surface area contributed by atoms with E-state index in [1.165, 1.54) is 24.9 Å². The fourth-order valence-corrected chi connectivity index (χ4v) is 2.32. The summed E-state index contributed by atoms with van der Waals surface area (Å²) >= 11 is 0. The Kier molecular flexibility index (Phi) is 5.01. The molecule has 1 N–H and O–H groups in total. The second-order valence-electron chi connectivity index (χ2n) is 5.71. The maximum Gasteiger partial charge on any atom is 0.104 e. The molecule has 1 aromatic carbocycles. The molecule has 2 heteroatoms. The van der Waals surface area contributed by atoms with Crippen molar-refractivity contribution < 1.29 is 5.11 Å². The molecule has 0 spiro atoms. The Morgan fingerprint density at radius 1 is 1.26 bits per heavy atom. The van der Waals surface area contributed by atoms with Crippen LogP contribution in [0.1, 0.15) is 37.8 Å². The van der Waals surface area contributed by atoms with Gasteiger partial charge in [0.1, 0.15) is 6.61 Å². The maximum absolute atomic E-state index is 8.67. The van der Waals surface area contributed by atoms with E-state index in [2.05, 4.69) is 42.7 Å². The predicted molar refractivity (Wildman–Crippen MR) is 78.7 cm³/mol. The topological polar surface area (TPSA) is 23.5 Å². The molecule has 1 fully saturated rings. The molecule has 0 aromatic heterocycles. The Morgan fingerprint density at radius 2 is 1.95 bits per heavy atom. The predicted octanol–water partition coefficient (Wildman–Crippen LogP) is 2.65. The maximum atomic E-state index is 8.67. The minimum absolute atomic E-state index is 0.0778. The van der Waals surface area contributed by atoms with Gasteiger partial charge in [0.05, 0.1) is 0 Å². The third-order valence-corrected chi connectivity index (χ3v) is 3.31. The van der Waals surface area contributed by atoms with Gasteiger partial charge in [-0.2, -0.15) is 0 Å². The van der Waals surface area contributed by atoms with Gasteiger partial charge in [-0.1, -0.05) is 37.8 Å². The van der Waals surface area contributed by atoms with Gasteiger partial charge in [0.25, 0.3) is 0 Å². The lowest BCUT2D eigenvalue weighted by atomic mass is 10.1. The first-order valence-electron chi connectivity index (χ1n) is 7.11. The Bertz CT molecular complexity index is 448. The van der Waals surface area contributed by atoms with Crippen LogP contribution >= 0.6 is 0 Å². The van der Waals surface area contributed by atoms with Crippen LogP contribution in [-0.4, -0.2) is 29.2 Å². The largest absolute Gasteiger partial charge is 0.384 e. The third-order valence-electron chi connectivity index (χ3n) is 3.31. The van der Waals surface area contributed by atoms with E-state index >= 15 is 0 Å². The van der Waals surface area contributed by atoms with Crippen LogP contribution < -0.4 is 0 Å². The lowest BCUT2D eigenvalue weighted by molar-refractivity contribution is 0.226. The van der Waals surface area contributed by atoms with Gasteiger partial charge in [-0.3, -0.25) is 4.90 Å². The molecule has 0 atom stereocenters. The Labute approximate surface area is 116 Å². The molecule has 1 aromatic rings. The van der Waals surface area contributed by atoms with E-state index in [-0.39, 0.29) is 6.61 Å². The van der Waals surface area contributed by atoms with E-state index in [1.54, 1.807) is 0 Å². The molecule has 1 aliphatic carbocycles. The van der Waals surface area contributed by atoms with Crippen LogP contribution in [0.25, 0.3) is 0 Å². The Balaban J connectivity index is 1.97. The summed E-state index contributed by atoms with van der Waals surface area (Å²) in [5.41, 5.74) is 2.32. The van der Waals surface area contributed by atoms with Gasteiger partial charge in [0.2, 0.25) is 0 Å². The second kappa shape index (κ2) is 6.75. The standard InChI is InChI=1S/C17H23NO/c1-14(2)12-18(17-9-10-17)13-16-7-5-15(6-8-16)4-3-11-19/h5-8,14,17,19H,9-13H2,1-2H3. The first-order chi connectivity index (χ1) is 9.19. The molecule has 2 nitrogen and oxygen atoms in total. The molecule has 0 unspecified atom stereocenters. The van der Waals surface area contributed by atoms with E-state index in [4.69, 9.17) is 5.11 Å². The summed E-state index contributed by atoms with van der Waals surface area (Å²) in [7, 11) is 0. The van der Waals surface area contributed by atoms with Gasteiger partial charge >= 0.3 is 0 Å². The van der Waals surface area contributed by atoms with Crippen LogP contribution in [0.15, 0.2) is 24.3 Å². The summed E-state index contributed by atoms with van der Waals surface area (Å²) in [4.78, 5) is 2.60. The highest BCUT2D eigenvalue weighted by molar-refractivity contribution is 5.36. The summed E-state index contributed by atoms with van der Waals surface area (Å²) in [5.74, 6) is 6.32. The molecule has 0 radical (unpaired) electrons. The molecule has 0 saturated heterocycles. The highest BCUT2D eigenvalue weighted by atomic mass is 16.2. The highest BCUT2D eigenvalue weighted by Crippen LogP contribution is 2.29. The van der Waals surface area contributed by atoms with Crippen molar-refractivity contribution >= 4 is 0 Å². The van der Waals surface area contributed by atoms with Crippen molar-refractivity contribution in [1.29, 1.82) is 0 Å². The first kappa shape index (κ1) is 14.1. The minimum Gasteiger partial charge on any atom is -0.384 e. The van der Waals surface area contributed by atoms with E-state index in [0.717, 1.165) is 24.1 Å². The van der Waals surface area contributed by atoms with Gasteiger partial charge in [-0.25, -0.2) is 0 Å². The fraction of sp³-hybridized carbons (Fsp3) is 0.529. The zero-order valence-electron chi connectivity index (χ0n) is 11.9. The molecule has 0 amide bonds. The molecular weight excluding hydrogens is 234 g/mol. The number of rotatable bonds is 5. The van der Waals surface area contributed by atoms with Gasteiger partial charge in [-0.15, -0.1) is 0 Å². The zero-order valence-corrected chi connectivity index (χ0v) is 11.9. The highest BCUT2D eigenvalue weighted by Gasteiger charge is 2.28. The van der Waals surface area contributed by atoms with Crippen LogP contribution in [0.3, 0.4) is 0 Å². The normalized spacial score (nSPS) is 14.6. The van der Waals surface area contributed by atoms with Crippen molar-refractivity contribution in [3.8, 4) is 11.8 Å². The molecule has 2 rings (SSSR count). The van der Waals surface area contributed by atoms with Gasteiger partial charge in [-0.05, 0) is 36.5 Å². The van der Waals surface area contributed by atoms with Crippen LogP contribution in [0.4, 0.5) is 0 Å². The van der Waals surface area contributed by atoms with Crippen LogP contribution in [0, 0.1) is 17.8 Å². The lowest BCUT2D eigenvalue weighted by Gasteiger charge is -2.24. The Hall–Kier alpha value is -1.30. The summed E-state index contributed by atoms with van der Waals surface area (Å²) in [6.07, 6.45) is 2.71. The number of benzene rings is 1. The number of nitrogens with zero attached hydrogens (tertiary/aromatic N) is 1. The van der Waals surface area contributed by atoms with Crippen molar-refractivity contribution in [1.82, 2.24) is 4.90 Å². The molecular formula is C17H23NO. The summed E-state index contributed by atoms with van der Waals surface area (Å²) < 4.78 is 0. The van der Waals surface area contributed by atoms with Crippen molar-refractivity contribution in [2.45, 2.75) is 39.3 Å². The molecule has 1 aliphatic rings. The van der Waals surface area contributed by atoms with Crippen molar-refractivity contribution in [3.63, 3.8) is 0 Å².